The van der Waals surface area contributed by atoms with E-state index in [9.17, 15) is 13.6 Å². The number of methoxy groups -OCH3 is 1. The molecule has 0 saturated heterocycles. The summed E-state index contributed by atoms with van der Waals surface area (Å²) in [6, 6.07) is 1.32. The molecule has 0 fully saturated rings. The molecule has 3 nitrogen and oxygen atoms in total. The van der Waals surface area contributed by atoms with Crippen LogP contribution in [0, 0.1) is 0 Å². The van der Waals surface area contributed by atoms with E-state index < -0.39 is 11.7 Å². The summed E-state index contributed by atoms with van der Waals surface area (Å²) in [6.07, 6.45) is 2.53. The number of carbonyl (C=O) groups is 1. The van der Waals surface area contributed by atoms with Crippen molar-refractivity contribution in [3.63, 3.8) is 0 Å². The standard InChI is InChI=1S/C8H7F2NO2S/c1-13-7(12)5-2-6(4-11-3-5)14-8(9)10/h2-4,8H,1H3. The molecule has 14 heavy (non-hydrogen) atoms. The zero-order valence-electron chi connectivity index (χ0n) is 7.24. The molecule has 0 aliphatic carbocycles. The van der Waals surface area contributed by atoms with E-state index in [-0.39, 0.29) is 10.5 Å². The van der Waals surface area contributed by atoms with E-state index in [0.717, 1.165) is 0 Å². The van der Waals surface area contributed by atoms with E-state index in [1.54, 1.807) is 0 Å². The minimum absolute atomic E-state index is 0.165. The third kappa shape index (κ3) is 2.95. The highest BCUT2D eigenvalue weighted by molar-refractivity contribution is 7.99. The van der Waals surface area contributed by atoms with Crippen LogP contribution < -0.4 is 0 Å². The molecule has 0 amide bonds. The Bertz CT molecular complexity index is 333. The van der Waals surface area contributed by atoms with Gasteiger partial charge in [-0.3, -0.25) is 4.98 Å². The summed E-state index contributed by atoms with van der Waals surface area (Å²) >= 11 is 0.337. The van der Waals surface area contributed by atoms with Crippen LogP contribution in [0.5, 0.6) is 0 Å². The molecular weight excluding hydrogens is 212 g/mol. The highest BCUT2D eigenvalue weighted by atomic mass is 32.2. The van der Waals surface area contributed by atoms with Gasteiger partial charge in [-0.25, -0.2) is 4.79 Å². The van der Waals surface area contributed by atoms with Gasteiger partial charge in [0.1, 0.15) is 0 Å². The first-order valence-electron chi connectivity index (χ1n) is 3.61. The van der Waals surface area contributed by atoms with Gasteiger partial charge in [-0.15, -0.1) is 0 Å². The Kier molecular flexibility index (Phi) is 3.82. The fraction of sp³-hybridized carbons (Fsp3) is 0.250. The minimum Gasteiger partial charge on any atom is -0.465 e. The molecule has 1 rings (SSSR count). The summed E-state index contributed by atoms with van der Waals surface area (Å²) in [5.74, 6) is -3.11. The third-order valence-corrected chi connectivity index (χ3v) is 2.03. The molecule has 0 atom stereocenters. The van der Waals surface area contributed by atoms with Gasteiger partial charge >= 0.3 is 5.97 Å². The Morgan fingerprint density at radius 2 is 2.29 bits per heavy atom. The minimum atomic E-state index is -2.52. The fourth-order valence-electron chi connectivity index (χ4n) is 0.816. The summed E-state index contributed by atoms with van der Waals surface area (Å²) < 4.78 is 28.3. The van der Waals surface area contributed by atoms with Crippen LogP contribution in [0.15, 0.2) is 23.4 Å². The average Bonchev–Trinajstić information content (AvgIpc) is 2.16. The van der Waals surface area contributed by atoms with Gasteiger partial charge in [0, 0.05) is 17.3 Å². The van der Waals surface area contributed by atoms with Crippen LogP contribution in [0.2, 0.25) is 0 Å². The molecule has 0 bridgehead atoms. The van der Waals surface area contributed by atoms with Crippen molar-refractivity contribution in [2.75, 3.05) is 7.11 Å². The molecule has 1 aromatic rings. The zero-order chi connectivity index (χ0) is 10.6. The average molecular weight is 219 g/mol. The number of nitrogens with zero attached hydrogens (tertiary/aromatic N) is 1. The quantitative estimate of drug-likeness (QED) is 0.577. The Labute approximate surface area is 83.5 Å². The van der Waals surface area contributed by atoms with Gasteiger partial charge in [0.2, 0.25) is 0 Å². The van der Waals surface area contributed by atoms with Crippen molar-refractivity contribution in [2.24, 2.45) is 0 Å². The van der Waals surface area contributed by atoms with Gasteiger partial charge in [-0.2, -0.15) is 8.78 Å². The predicted octanol–water partition coefficient (Wildman–Crippen LogP) is 2.18. The molecule has 76 valence electrons. The van der Waals surface area contributed by atoms with Crippen molar-refractivity contribution in [1.29, 1.82) is 0 Å². The molecule has 6 heteroatoms. The monoisotopic (exact) mass is 219 g/mol. The number of esters is 1. The van der Waals surface area contributed by atoms with Crippen LogP contribution in [0.3, 0.4) is 0 Å². The number of ether oxygens (including phenoxy) is 1. The van der Waals surface area contributed by atoms with Crippen molar-refractivity contribution >= 4 is 17.7 Å². The molecule has 0 N–H and O–H groups in total. The van der Waals surface area contributed by atoms with Crippen LogP contribution in [0.1, 0.15) is 10.4 Å². The number of carbonyl (C=O) groups excluding carboxylic acids is 1. The largest absolute Gasteiger partial charge is 0.465 e. The van der Waals surface area contributed by atoms with E-state index in [4.69, 9.17) is 0 Å². The lowest BCUT2D eigenvalue weighted by Crippen LogP contribution is -2.01. The SMILES string of the molecule is COC(=O)c1cncc(SC(F)F)c1. The predicted molar refractivity (Wildman–Crippen MR) is 47.4 cm³/mol. The molecule has 0 aromatic carbocycles. The Hall–Kier alpha value is -1.17. The van der Waals surface area contributed by atoms with Crippen molar-refractivity contribution in [2.45, 2.75) is 10.7 Å². The summed E-state index contributed by atoms with van der Waals surface area (Å²) in [5.41, 5.74) is 0.165. The summed E-state index contributed by atoms with van der Waals surface area (Å²) in [6.45, 7) is 0. The second-order valence-electron chi connectivity index (χ2n) is 2.28. The fourth-order valence-corrected chi connectivity index (χ4v) is 1.34. The highest BCUT2D eigenvalue weighted by Gasteiger charge is 2.10. The van der Waals surface area contributed by atoms with Crippen LogP contribution in [0.25, 0.3) is 0 Å². The number of pyridine rings is 1. The number of rotatable bonds is 3. The molecule has 0 spiro atoms. The van der Waals surface area contributed by atoms with Crippen molar-refractivity contribution < 1.29 is 18.3 Å². The Morgan fingerprint density at radius 1 is 1.57 bits per heavy atom. The number of hydrogen-bond acceptors (Lipinski definition) is 4. The van der Waals surface area contributed by atoms with Gasteiger partial charge < -0.3 is 4.74 Å². The molecule has 1 aromatic heterocycles. The number of halogens is 2. The second kappa shape index (κ2) is 4.90. The van der Waals surface area contributed by atoms with Gasteiger partial charge in [-0.05, 0) is 6.07 Å². The maximum Gasteiger partial charge on any atom is 0.339 e. The van der Waals surface area contributed by atoms with Gasteiger partial charge in [0.05, 0.1) is 12.7 Å². The second-order valence-corrected chi connectivity index (χ2v) is 3.34. The number of aromatic nitrogens is 1. The van der Waals surface area contributed by atoms with Crippen molar-refractivity contribution in [3.05, 3.63) is 24.0 Å². The molecule has 1 heterocycles. The normalized spacial score (nSPS) is 10.3. The van der Waals surface area contributed by atoms with Crippen LogP contribution in [0.4, 0.5) is 8.78 Å². The molecule has 0 aliphatic heterocycles. The van der Waals surface area contributed by atoms with E-state index in [2.05, 4.69) is 9.72 Å². The lowest BCUT2D eigenvalue weighted by molar-refractivity contribution is 0.0600. The third-order valence-electron chi connectivity index (χ3n) is 1.36. The Morgan fingerprint density at radius 3 is 2.86 bits per heavy atom. The lowest BCUT2D eigenvalue weighted by Gasteiger charge is -2.01. The van der Waals surface area contributed by atoms with Crippen LogP contribution >= 0.6 is 11.8 Å². The highest BCUT2D eigenvalue weighted by Crippen LogP contribution is 2.24. The molecule has 0 saturated carbocycles. The molecule has 0 unspecified atom stereocenters. The first kappa shape index (κ1) is 10.9. The molecule has 0 aliphatic rings. The Balaban J connectivity index is 2.84. The topological polar surface area (TPSA) is 39.2 Å². The van der Waals surface area contributed by atoms with Crippen molar-refractivity contribution in [3.8, 4) is 0 Å². The van der Waals surface area contributed by atoms with Gasteiger partial charge in [0.15, 0.2) is 0 Å². The van der Waals surface area contributed by atoms with E-state index in [1.165, 1.54) is 25.6 Å². The van der Waals surface area contributed by atoms with E-state index in [1.807, 2.05) is 0 Å². The maximum atomic E-state index is 12.0. The van der Waals surface area contributed by atoms with Crippen LogP contribution in [-0.4, -0.2) is 23.8 Å². The summed E-state index contributed by atoms with van der Waals surface area (Å²) in [7, 11) is 1.22. The van der Waals surface area contributed by atoms with Crippen molar-refractivity contribution in [1.82, 2.24) is 4.98 Å². The lowest BCUT2D eigenvalue weighted by atomic mass is 10.3. The summed E-state index contributed by atoms with van der Waals surface area (Å²) in [4.78, 5) is 14.9. The smallest absolute Gasteiger partial charge is 0.339 e. The zero-order valence-corrected chi connectivity index (χ0v) is 8.05. The molecule has 0 radical (unpaired) electrons. The molecular formula is C8H7F2NO2S. The van der Waals surface area contributed by atoms with Gasteiger partial charge in [0.25, 0.3) is 5.76 Å². The number of hydrogen-bond donors (Lipinski definition) is 0. The first-order chi connectivity index (χ1) is 6.63. The van der Waals surface area contributed by atoms with E-state index in [0.29, 0.717) is 11.8 Å². The summed E-state index contributed by atoms with van der Waals surface area (Å²) in [5, 5.41) is 0. The number of thioether (sulfide) groups is 1. The van der Waals surface area contributed by atoms with Gasteiger partial charge in [-0.1, -0.05) is 11.8 Å². The first-order valence-corrected chi connectivity index (χ1v) is 4.49. The van der Waals surface area contributed by atoms with Crippen LogP contribution in [-0.2, 0) is 4.74 Å². The van der Waals surface area contributed by atoms with E-state index >= 15 is 0 Å². The number of alkyl halides is 2. The maximum absolute atomic E-state index is 12.0.